The van der Waals surface area contributed by atoms with Gasteiger partial charge in [0.25, 0.3) is 0 Å². The summed E-state index contributed by atoms with van der Waals surface area (Å²) >= 11 is 0. The highest BCUT2D eigenvalue weighted by atomic mass is 32.2. The smallest absolute Gasteiger partial charge is 0.338 e. The molecule has 1 aliphatic rings. The lowest BCUT2D eigenvalue weighted by atomic mass is 10.2. The minimum atomic E-state index is -3.74. The van der Waals surface area contributed by atoms with Crippen molar-refractivity contribution >= 4 is 16.0 Å². The average Bonchev–Trinajstić information content (AvgIpc) is 3.32. The summed E-state index contributed by atoms with van der Waals surface area (Å²) in [5.41, 5.74) is 0.137. The van der Waals surface area contributed by atoms with E-state index in [4.69, 9.17) is 18.9 Å². The van der Waals surface area contributed by atoms with Crippen LogP contribution in [-0.2, 0) is 14.8 Å². The van der Waals surface area contributed by atoms with Crippen LogP contribution in [-0.4, -0.2) is 59.2 Å². The number of esters is 1. The van der Waals surface area contributed by atoms with Crippen molar-refractivity contribution in [2.75, 3.05) is 40.5 Å². The first-order valence-corrected chi connectivity index (χ1v) is 11.0. The fourth-order valence-electron chi connectivity index (χ4n) is 3.12. The Hall–Kier alpha value is -2.78. The molecule has 0 unspecified atom stereocenters. The first kappa shape index (κ1) is 21.9. The Bertz CT molecular complexity index is 967. The third-order valence-corrected chi connectivity index (χ3v) is 6.65. The molecule has 1 saturated heterocycles. The van der Waals surface area contributed by atoms with E-state index in [0.29, 0.717) is 24.6 Å². The van der Waals surface area contributed by atoms with Crippen molar-refractivity contribution in [3.63, 3.8) is 0 Å². The predicted molar refractivity (Wildman–Crippen MR) is 110 cm³/mol. The van der Waals surface area contributed by atoms with Gasteiger partial charge in [-0.1, -0.05) is 0 Å². The van der Waals surface area contributed by atoms with Crippen molar-refractivity contribution in [2.24, 2.45) is 0 Å². The zero-order valence-electron chi connectivity index (χ0n) is 17.0. The van der Waals surface area contributed by atoms with Gasteiger partial charge < -0.3 is 18.9 Å². The fraction of sp³-hybridized carbons (Fsp3) is 0.381. The van der Waals surface area contributed by atoms with Gasteiger partial charge in [0, 0.05) is 13.1 Å². The van der Waals surface area contributed by atoms with Crippen LogP contribution in [0.2, 0.25) is 0 Å². The molecular formula is C21H25NO7S. The molecule has 0 N–H and O–H groups in total. The van der Waals surface area contributed by atoms with E-state index in [1.54, 1.807) is 31.4 Å². The van der Waals surface area contributed by atoms with Crippen LogP contribution >= 0.6 is 0 Å². The van der Waals surface area contributed by atoms with Crippen LogP contribution in [0.5, 0.6) is 17.2 Å². The molecule has 0 amide bonds. The van der Waals surface area contributed by atoms with Crippen molar-refractivity contribution < 1.29 is 32.2 Å². The summed E-state index contributed by atoms with van der Waals surface area (Å²) in [4.78, 5) is 12.4. The second-order valence-corrected chi connectivity index (χ2v) is 8.54. The zero-order valence-corrected chi connectivity index (χ0v) is 17.8. The molecule has 0 spiro atoms. The summed E-state index contributed by atoms with van der Waals surface area (Å²) in [6.07, 6.45) is 1.63. The first-order valence-electron chi connectivity index (χ1n) is 9.58. The monoisotopic (exact) mass is 435 g/mol. The van der Waals surface area contributed by atoms with Crippen LogP contribution in [0.1, 0.15) is 23.2 Å². The number of sulfonamides is 1. The normalized spacial score (nSPS) is 14.3. The molecule has 8 nitrogen and oxygen atoms in total. The lowest BCUT2D eigenvalue weighted by molar-refractivity contribution is 0.0450. The van der Waals surface area contributed by atoms with Gasteiger partial charge in [-0.05, 0) is 55.3 Å². The van der Waals surface area contributed by atoms with E-state index in [0.717, 1.165) is 12.8 Å². The molecule has 0 bridgehead atoms. The van der Waals surface area contributed by atoms with Crippen LogP contribution in [0.15, 0.2) is 47.4 Å². The third kappa shape index (κ3) is 5.03. The molecule has 0 atom stereocenters. The Morgan fingerprint density at radius 2 is 1.60 bits per heavy atom. The number of ether oxygens (including phenoxy) is 4. The van der Waals surface area contributed by atoms with Crippen molar-refractivity contribution in [1.82, 2.24) is 4.31 Å². The molecule has 2 aromatic carbocycles. The number of nitrogens with zero attached hydrogens (tertiary/aromatic N) is 1. The van der Waals surface area contributed by atoms with Crippen LogP contribution in [0.4, 0.5) is 0 Å². The number of hydrogen-bond acceptors (Lipinski definition) is 7. The van der Waals surface area contributed by atoms with Crippen LogP contribution in [0, 0.1) is 0 Å². The van der Waals surface area contributed by atoms with Gasteiger partial charge in [-0.3, -0.25) is 0 Å². The summed E-state index contributed by atoms with van der Waals surface area (Å²) in [7, 11) is -0.764. The molecule has 30 heavy (non-hydrogen) atoms. The van der Waals surface area contributed by atoms with E-state index in [9.17, 15) is 13.2 Å². The number of methoxy groups -OCH3 is 2. The van der Waals surface area contributed by atoms with E-state index >= 15 is 0 Å². The molecule has 1 heterocycles. The van der Waals surface area contributed by atoms with E-state index in [1.165, 1.54) is 29.6 Å². The Morgan fingerprint density at radius 1 is 0.933 bits per heavy atom. The van der Waals surface area contributed by atoms with E-state index < -0.39 is 16.0 Å². The molecule has 1 aliphatic heterocycles. The molecule has 9 heteroatoms. The minimum absolute atomic E-state index is 0.0189. The molecule has 1 fully saturated rings. The predicted octanol–water partition coefficient (Wildman–Crippen LogP) is 2.72. The molecule has 162 valence electrons. The van der Waals surface area contributed by atoms with E-state index in [-0.39, 0.29) is 29.4 Å². The molecule has 0 saturated carbocycles. The lowest BCUT2D eigenvalue weighted by Gasteiger charge is -2.18. The molecule has 0 aromatic heterocycles. The lowest BCUT2D eigenvalue weighted by Crippen LogP contribution is -2.28. The first-order chi connectivity index (χ1) is 14.5. The summed E-state index contributed by atoms with van der Waals surface area (Å²) in [5.74, 6) is 0.901. The number of hydrogen-bond donors (Lipinski definition) is 0. The average molecular weight is 435 g/mol. The standard InChI is InChI=1S/C21H25NO7S/c1-26-17-6-8-18(9-7-17)28-13-14-29-21(23)16-5-10-19(27-2)20(15-16)30(24,25)22-11-3-4-12-22/h5-10,15H,3-4,11-14H2,1-2H3. The van der Waals surface area contributed by atoms with Gasteiger partial charge in [0.1, 0.15) is 35.4 Å². The van der Waals surface area contributed by atoms with E-state index in [2.05, 4.69) is 0 Å². The second kappa shape index (κ2) is 9.82. The zero-order chi connectivity index (χ0) is 21.6. The maximum atomic E-state index is 12.9. The van der Waals surface area contributed by atoms with Gasteiger partial charge in [-0.15, -0.1) is 0 Å². The highest BCUT2D eigenvalue weighted by Gasteiger charge is 2.30. The quantitative estimate of drug-likeness (QED) is 0.442. The molecule has 0 aliphatic carbocycles. The number of carbonyl (C=O) groups excluding carboxylic acids is 1. The molecule has 2 aromatic rings. The second-order valence-electron chi connectivity index (χ2n) is 6.64. The van der Waals surface area contributed by atoms with Crippen molar-refractivity contribution in [2.45, 2.75) is 17.7 Å². The number of rotatable bonds is 9. The van der Waals surface area contributed by atoms with Gasteiger partial charge in [0.15, 0.2) is 0 Å². The van der Waals surface area contributed by atoms with Gasteiger partial charge >= 0.3 is 5.97 Å². The van der Waals surface area contributed by atoms with Gasteiger partial charge in [0.05, 0.1) is 19.8 Å². The summed E-state index contributed by atoms with van der Waals surface area (Å²) in [6, 6.07) is 11.3. The third-order valence-electron chi connectivity index (χ3n) is 4.73. The highest BCUT2D eigenvalue weighted by molar-refractivity contribution is 7.89. The molecule has 0 radical (unpaired) electrons. The minimum Gasteiger partial charge on any atom is -0.497 e. The van der Waals surface area contributed by atoms with Gasteiger partial charge in [-0.2, -0.15) is 4.31 Å². The van der Waals surface area contributed by atoms with Crippen molar-refractivity contribution in [3.05, 3.63) is 48.0 Å². The topological polar surface area (TPSA) is 91.4 Å². The number of carbonyl (C=O) groups is 1. The Kier molecular flexibility index (Phi) is 7.17. The Labute approximate surface area is 176 Å². The van der Waals surface area contributed by atoms with Crippen molar-refractivity contribution in [3.8, 4) is 17.2 Å². The van der Waals surface area contributed by atoms with Gasteiger partial charge in [-0.25, -0.2) is 13.2 Å². The Morgan fingerprint density at radius 3 is 2.23 bits per heavy atom. The van der Waals surface area contributed by atoms with Crippen molar-refractivity contribution in [1.29, 1.82) is 0 Å². The maximum absolute atomic E-state index is 12.9. The van der Waals surface area contributed by atoms with Crippen LogP contribution < -0.4 is 14.2 Å². The van der Waals surface area contributed by atoms with E-state index in [1.807, 2.05) is 0 Å². The summed E-state index contributed by atoms with van der Waals surface area (Å²) in [6.45, 7) is 1.10. The highest BCUT2D eigenvalue weighted by Crippen LogP contribution is 2.30. The largest absolute Gasteiger partial charge is 0.497 e. The SMILES string of the molecule is COc1ccc(OCCOC(=O)c2ccc(OC)c(S(=O)(=O)N3CCCC3)c2)cc1. The molecule has 3 rings (SSSR count). The number of benzene rings is 2. The fourth-order valence-corrected chi connectivity index (χ4v) is 4.82. The summed E-state index contributed by atoms with van der Waals surface area (Å²) < 4.78 is 48.3. The maximum Gasteiger partial charge on any atom is 0.338 e. The summed E-state index contributed by atoms with van der Waals surface area (Å²) in [5, 5.41) is 0. The van der Waals surface area contributed by atoms with Crippen LogP contribution in [0.25, 0.3) is 0 Å². The van der Waals surface area contributed by atoms with Gasteiger partial charge in [0.2, 0.25) is 10.0 Å². The Balaban J connectivity index is 1.62. The van der Waals surface area contributed by atoms with Crippen LogP contribution in [0.3, 0.4) is 0 Å². The molecular weight excluding hydrogens is 410 g/mol.